The molecular formula is C25H23FN6O2. The van der Waals surface area contributed by atoms with Crippen LogP contribution in [0.5, 0.6) is 0 Å². The molecule has 2 aromatic carbocycles. The smallest absolute Gasteiger partial charge is 0.324 e. The van der Waals surface area contributed by atoms with Gasteiger partial charge in [0.1, 0.15) is 12.1 Å². The van der Waals surface area contributed by atoms with Gasteiger partial charge >= 0.3 is 6.03 Å². The van der Waals surface area contributed by atoms with Gasteiger partial charge in [-0.05, 0) is 55.8 Å². The van der Waals surface area contributed by atoms with E-state index >= 15 is 0 Å². The van der Waals surface area contributed by atoms with Crippen LogP contribution in [0.15, 0.2) is 55.0 Å². The highest BCUT2D eigenvalue weighted by Crippen LogP contribution is 2.33. The summed E-state index contributed by atoms with van der Waals surface area (Å²) in [5.74, 6) is -0.166. The number of rotatable bonds is 3. The number of morpholine rings is 1. The van der Waals surface area contributed by atoms with Crippen LogP contribution in [0.3, 0.4) is 0 Å². The lowest BCUT2D eigenvalue weighted by Gasteiger charge is -2.30. The molecular weight excluding hydrogens is 435 g/mol. The number of urea groups is 1. The van der Waals surface area contributed by atoms with E-state index in [0.717, 1.165) is 27.7 Å². The van der Waals surface area contributed by atoms with E-state index in [4.69, 9.17) is 4.74 Å². The molecule has 0 unspecified atom stereocenters. The summed E-state index contributed by atoms with van der Waals surface area (Å²) in [5.41, 5.74) is 4.59. The summed E-state index contributed by atoms with van der Waals surface area (Å²) in [6, 6.07) is 11.6. The Morgan fingerprint density at radius 1 is 1.12 bits per heavy atom. The number of anilines is 1. The zero-order chi connectivity index (χ0) is 23.7. The molecule has 1 saturated heterocycles. The minimum Gasteiger partial charge on any atom is -0.375 e. The van der Waals surface area contributed by atoms with Gasteiger partial charge in [-0.15, -0.1) is 0 Å². The van der Waals surface area contributed by atoms with E-state index in [0.29, 0.717) is 31.0 Å². The lowest BCUT2D eigenvalue weighted by molar-refractivity contribution is -0.00141. The highest BCUT2D eigenvalue weighted by atomic mass is 19.1. The second kappa shape index (κ2) is 9.11. The van der Waals surface area contributed by atoms with Gasteiger partial charge < -0.3 is 9.64 Å². The molecule has 5 rings (SSSR count). The zero-order valence-electron chi connectivity index (χ0n) is 18.8. The molecule has 4 aromatic rings. The standard InChI is InChI=1S/C25H23FN6O2/c1-15-13-32(9-10-34-15)25(33)31-24-27-12-21(23(30-24)17-3-6-19(26)7-4-17)18-5-8-22-20(11-18)16(2)28-14-29-22/h3-8,11-12,14-15H,9-10,13H2,1-2H3,(H,27,30,31,33)/t15-/m0/s1. The number of hydrogen-bond acceptors (Lipinski definition) is 6. The number of hydrogen-bond donors (Lipinski definition) is 1. The number of nitrogens with zero attached hydrogens (tertiary/aromatic N) is 5. The average molecular weight is 458 g/mol. The fourth-order valence-corrected chi connectivity index (χ4v) is 4.01. The van der Waals surface area contributed by atoms with Crippen LogP contribution >= 0.6 is 0 Å². The van der Waals surface area contributed by atoms with Crippen LogP contribution in [0.4, 0.5) is 15.1 Å². The summed E-state index contributed by atoms with van der Waals surface area (Å²) in [4.78, 5) is 32.1. The fourth-order valence-electron chi connectivity index (χ4n) is 4.01. The molecule has 1 aliphatic heterocycles. The number of amides is 2. The minimum absolute atomic E-state index is 0.0297. The van der Waals surface area contributed by atoms with Crippen LogP contribution in [0, 0.1) is 12.7 Å². The summed E-state index contributed by atoms with van der Waals surface area (Å²) in [6.45, 7) is 5.33. The third-order valence-electron chi connectivity index (χ3n) is 5.80. The van der Waals surface area contributed by atoms with Crippen LogP contribution in [0.2, 0.25) is 0 Å². The predicted molar refractivity (Wildman–Crippen MR) is 127 cm³/mol. The van der Waals surface area contributed by atoms with Gasteiger partial charge in [0.05, 0.1) is 23.9 Å². The molecule has 0 saturated carbocycles. The van der Waals surface area contributed by atoms with Crippen LogP contribution < -0.4 is 5.32 Å². The number of carbonyl (C=O) groups is 1. The fraction of sp³-hybridized carbons (Fsp3) is 0.240. The topological polar surface area (TPSA) is 93.1 Å². The summed E-state index contributed by atoms with van der Waals surface area (Å²) in [5, 5.41) is 3.71. The van der Waals surface area contributed by atoms with Gasteiger partial charge in [0, 0.05) is 41.5 Å². The van der Waals surface area contributed by atoms with Crippen LogP contribution in [-0.4, -0.2) is 56.7 Å². The number of carbonyl (C=O) groups excluding carboxylic acids is 1. The first-order valence-corrected chi connectivity index (χ1v) is 11.0. The molecule has 0 radical (unpaired) electrons. The van der Waals surface area contributed by atoms with Gasteiger partial charge in [-0.1, -0.05) is 6.07 Å². The maximum absolute atomic E-state index is 13.6. The molecule has 3 heterocycles. The highest BCUT2D eigenvalue weighted by Gasteiger charge is 2.22. The average Bonchev–Trinajstić information content (AvgIpc) is 2.85. The monoisotopic (exact) mass is 458 g/mol. The van der Waals surface area contributed by atoms with Crippen LogP contribution in [-0.2, 0) is 4.74 Å². The molecule has 1 aliphatic rings. The van der Waals surface area contributed by atoms with Crippen molar-refractivity contribution in [2.45, 2.75) is 20.0 Å². The zero-order valence-corrected chi connectivity index (χ0v) is 18.8. The first-order chi connectivity index (χ1) is 16.5. The molecule has 1 atom stereocenters. The Bertz CT molecular complexity index is 1360. The van der Waals surface area contributed by atoms with Crippen molar-refractivity contribution in [3.8, 4) is 22.4 Å². The number of halogens is 1. The first-order valence-electron chi connectivity index (χ1n) is 11.0. The van der Waals surface area contributed by atoms with Gasteiger partial charge in [0.25, 0.3) is 0 Å². The summed E-state index contributed by atoms with van der Waals surface area (Å²) in [7, 11) is 0. The second-order valence-electron chi connectivity index (χ2n) is 8.21. The van der Waals surface area contributed by atoms with E-state index < -0.39 is 0 Å². The molecule has 34 heavy (non-hydrogen) atoms. The summed E-state index contributed by atoms with van der Waals surface area (Å²) >= 11 is 0. The van der Waals surface area contributed by atoms with Crippen molar-refractivity contribution in [3.05, 3.63) is 66.5 Å². The van der Waals surface area contributed by atoms with Crippen molar-refractivity contribution in [3.63, 3.8) is 0 Å². The maximum Gasteiger partial charge on any atom is 0.324 e. The van der Waals surface area contributed by atoms with Gasteiger partial charge in [-0.2, -0.15) is 0 Å². The number of nitrogens with one attached hydrogen (secondary N) is 1. The first kappa shape index (κ1) is 21.8. The Labute approximate surface area is 195 Å². The molecule has 9 heteroatoms. The summed E-state index contributed by atoms with van der Waals surface area (Å²) < 4.78 is 19.1. The lowest BCUT2D eigenvalue weighted by atomic mass is 9.99. The van der Waals surface area contributed by atoms with E-state index in [2.05, 4.69) is 25.3 Å². The van der Waals surface area contributed by atoms with E-state index in [1.165, 1.54) is 18.5 Å². The van der Waals surface area contributed by atoms with Gasteiger partial charge in [-0.25, -0.2) is 29.1 Å². The van der Waals surface area contributed by atoms with Crippen molar-refractivity contribution in [2.75, 3.05) is 25.0 Å². The second-order valence-corrected chi connectivity index (χ2v) is 8.21. The third kappa shape index (κ3) is 4.42. The van der Waals surface area contributed by atoms with Crippen molar-refractivity contribution < 1.29 is 13.9 Å². The van der Waals surface area contributed by atoms with Crippen molar-refractivity contribution in [1.29, 1.82) is 0 Å². The molecule has 0 bridgehead atoms. The molecule has 2 amide bonds. The molecule has 1 N–H and O–H groups in total. The molecule has 172 valence electrons. The minimum atomic E-state index is -0.340. The Morgan fingerprint density at radius 2 is 1.91 bits per heavy atom. The normalized spacial score (nSPS) is 16.0. The van der Waals surface area contributed by atoms with E-state index in [1.54, 1.807) is 23.2 Å². The Hall–Kier alpha value is -3.98. The number of ether oxygens (including phenoxy) is 1. The van der Waals surface area contributed by atoms with Gasteiger partial charge in [0.2, 0.25) is 5.95 Å². The van der Waals surface area contributed by atoms with E-state index in [-0.39, 0.29) is 23.9 Å². The molecule has 1 fully saturated rings. The molecule has 0 aliphatic carbocycles. The summed E-state index contributed by atoms with van der Waals surface area (Å²) in [6.07, 6.45) is 3.18. The lowest BCUT2D eigenvalue weighted by Crippen LogP contribution is -2.46. The predicted octanol–water partition coefficient (Wildman–Crippen LogP) is 4.45. The van der Waals surface area contributed by atoms with E-state index in [1.807, 2.05) is 32.0 Å². The molecule has 2 aromatic heterocycles. The quantitative estimate of drug-likeness (QED) is 0.487. The van der Waals surface area contributed by atoms with Crippen LogP contribution in [0.1, 0.15) is 12.6 Å². The van der Waals surface area contributed by atoms with Crippen molar-refractivity contribution >= 4 is 22.9 Å². The van der Waals surface area contributed by atoms with E-state index in [9.17, 15) is 9.18 Å². The van der Waals surface area contributed by atoms with Crippen LogP contribution in [0.25, 0.3) is 33.3 Å². The highest BCUT2D eigenvalue weighted by molar-refractivity contribution is 5.91. The molecule has 8 nitrogen and oxygen atoms in total. The number of aryl methyl sites for hydroxylation is 1. The van der Waals surface area contributed by atoms with Gasteiger partial charge in [0.15, 0.2) is 0 Å². The van der Waals surface area contributed by atoms with Crippen molar-refractivity contribution in [2.24, 2.45) is 0 Å². The maximum atomic E-state index is 13.6. The molecule has 0 spiro atoms. The number of benzene rings is 2. The Morgan fingerprint density at radius 3 is 2.71 bits per heavy atom. The Balaban J connectivity index is 1.55. The Kier molecular flexibility index (Phi) is 5.85. The third-order valence-corrected chi connectivity index (χ3v) is 5.80. The SMILES string of the molecule is Cc1ncnc2ccc(-c3cnc(NC(=O)N4CCO[C@@H](C)C4)nc3-c3ccc(F)cc3)cc12. The largest absolute Gasteiger partial charge is 0.375 e. The van der Waals surface area contributed by atoms with Crippen molar-refractivity contribution in [1.82, 2.24) is 24.8 Å². The number of aromatic nitrogens is 4. The number of fused-ring (bicyclic) bond motifs is 1. The van der Waals surface area contributed by atoms with Gasteiger partial charge in [-0.3, -0.25) is 5.32 Å².